The predicted molar refractivity (Wildman–Crippen MR) is 62.9 cm³/mol. The van der Waals surface area contributed by atoms with Gasteiger partial charge in [-0.3, -0.25) is 4.79 Å². The van der Waals surface area contributed by atoms with Gasteiger partial charge in [-0.1, -0.05) is 0 Å². The van der Waals surface area contributed by atoms with Gasteiger partial charge in [0, 0.05) is 19.2 Å². The van der Waals surface area contributed by atoms with Crippen LogP contribution in [-0.2, 0) is 0 Å². The number of hydrogen-bond acceptors (Lipinski definition) is 2. The third kappa shape index (κ3) is 2.83. The van der Waals surface area contributed by atoms with Gasteiger partial charge in [0.05, 0.1) is 18.1 Å². The summed E-state index contributed by atoms with van der Waals surface area (Å²) in [6.07, 6.45) is 0.157. The Balaban J connectivity index is 3.05. The summed E-state index contributed by atoms with van der Waals surface area (Å²) in [5.74, 6) is -2.13. The first-order valence-corrected chi connectivity index (χ1v) is 5.48. The summed E-state index contributed by atoms with van der Waals surface area (Å²) >= 11 is 0. The summed E-state index contributed by atoms with van der Waals surface area (Å²) in [7, 11) is 1.49. The molecular weight excluding hydrogens is 238 g/mol. The van der Waals surface area contributed by atoms with Crippen molar-refractivity contribution in [3.05, 3.63) is 34.9 Å². The summed E-state index contributed by atoms with van der Waals surface area (Å²) in [6, 6.07) is 3.50. The fourth-order valence-electron chi connectivity index (χ4n) is 1.48. The summed E-state index contributed by atoms with van der Waals surface area (Å²) in [5.41, 5.74) is 0.0299. The Morgan fingerprint density at radius 2 is 2.06 bits per heavy atom. The fraction of sp³-hybridized carbons (Fsp3) is 0.385. The van der Waals surface area contributed by atoms with Gasteiger partial charge in [0.2, 0.25) is 0 Å². The van der Waals surface area contributed by atoms with E-state index in [9.17, 15) is 13.6 Å². The van der Waals surface area contributed by atoms with E-state index in [1.54, 1.807) is 6.92 Å². The van der Waals surface area contributed by atoms with Crippen LogP contribution in [0.15, 0.2) is 12.1 Å². The Bertz CT molecular complexity index is 508. The molecule has 1 rings (SSSR count). The van der Waals surface area contributed by atoms with Gasteiger partial charge >= 0.3 is 0 Å². The summed E-state index contributed by atoms with van der Waals surface area (Å²) in [4.78, 5) is 13.3. The normalized spacial score (nSPS) is 11.8. The quantitative estimate of drug-likeness (QED) is 0.830. The number of hydrogen-bond donors (Lipinski definition) is 0. The van der Waals surface area contributed by atoms with E-state index in [4.69, 9.17) is 5.26 Å². The standard InChI is InChI=1S/C13H14F2N2O/c1-8-6-10(12(15)7-11(8)14)13(18)17(3)9(2)4-5-16/h6-7,9H,4H2,1-3H3. The molecule has 5 heteroatoms. The Labute approximate surface area is 105 Å². The number of rotatable bonds is 3. The third-order valence-corrected chi connectivity index (χ3v) is 2.85. The van der Waals surface area contributed by atoms with E-state index in [-0.39, 0.29) is 23.6 Å². The molecule has 3 nitrogen and oxygen atoms in total. The number of benzene rings is 1. The zero-order valence-corrected chi connectivity index (χ0v) is 10.5. The molecule has 0 aromatic heterocycles. The van der Waals surface area contributed by atoms with Crippen LogP contribution in [-0.4, -0.2) is 23.9 Å². The molecule has 0 saturated heterocycles. The lowest BCUT2D eigenvalue weighted by atomic mass is 10.1. The van der Waals surface area contributed by atoms with Gasteiger partial charge in [0.15, 0.2) is 0 Å². The van der Waals surface area contributed by atoms with Crippen LogP contribution in [0.1, 0.15) is 29.3 Å². The topological polar surface area (TPSA) is 44.1 Å². The maximum absolute atomic E-state index is 13.5. The maximum atomic E-state index is 13.5. The van der Waals surface area contributed by atoms with Crippen LogP contribution in [0.5, 0.6) is 0 Å². The van der Waals surface area contributed by atoms with Gasteiger partial charge in [-0.05, 0) is 25.5 Å². The molecule has 0 aliphatic rings. The number of nitrogens with zero attached hydrogens (tertiary/aromatic N) is 2. The summed E-state index contributed by atoms with van der Waals surface area (Å²) in [5, 5.41) is 8.56. The molecule has 0 fully saturated rings. The number of aryl methyl sites for hydroxylation is 1. The second kappa shape index (κ2) is 5.58. The molecule has 0 spiro atoms. The van der Waals surface area contributed by atoms with E-state index in [2.05, 4.69) is 0 Å². The Morgan fingerprint density at radius 3 is 2.61 bits per heavy atom. The first kappa shape index (κ1) is 14.1. The molecule has 0 bridgehead atoms. The number of halogens is 2. The SMILES string of the molecule is Cc1cc(C(=O)N(C)C(C)CC#N)c(F)cc1F. The second-order valence-electron chi connectivity index (χ2n) is 4.21. The Morgan fingerprint density at radius 1 is 1.44 bits per heavy atom. The molecule has 18 heavy (non-hydrogen) atoms. The zero-order valence-electron chi connectivity index (χ0n) is 10.5. The van der Waals surface area contributed by atoms with Gasteiger partial charge in [-0.15, -0.1) is 0 Å². The maximum Gasteiger partial charge on any atom is 0.256 e. The highest BCUT2D eigenvalue weighted by atomic mass is 19.1. The smallest absolute Gasteiger partial charge is 0.256 e. The molecule has 0 aliphatic heterocycles. The number of carbonyl (C=O) groups is 1. The van der Waals surface area contributed by atoms with Crippen LogP contribution in [0.25, 0.3) is 0 Å². The molecule has 1 unspecified atom stereocenters. The lowest BCUT2D eigenvalue weighted by Gasteiger charge is -2.23. The number of amides is 1. The van der Waals surface area contributed by atoms with Crippen molar-refractivity contribution < 1.29 is 13.6 Å². The van der Waals surface area contributed by atoms with Crippen molar-refractivity contribution in [3.63, 3.8) is 0 Å². The van der Waals surface area contributed by atoms with Crippen LogP contribution in [0.2, 0.25) is 0 Å². The Hall–Kier alpha value is -1.96. The van der Waals surface area contributed by atoms with Gasteiger partial charge in [-0.2, -0.15) is 5.26 Å². The van der Waals surface area contributed by atoms with Crippen LogP contribution < -0.4 is 0 Å². The molecule has 1 atom stereocenters. The van der Waals surface area contributed by atoms with Crippen LogP contribution in [0.4, 0.5) is 8.78 Å². The second-order valence-corrected chi connectivity index (χ2v) is 4.21. The first-order chi connectivity index (χ1) is 8.38. The first-order valence-electron chi connectivity index (χ1n) is 5.48. The summed E-state index contributed by atoms with van der Waals surface area (Å²) < 4.78 is 26.6. The van der Waals surface area contributed by atoms with Crippen molar-refractivity contribution >= 4 is 5.91 Å². The van der Waals surface area contributed by atoms with Gasteiger partial charge in [0.1, 0.15) is 11.6 Å². The molecule has 0 radical (unpaired) electrons. The highest BCUT2D eigenvalue weighted by Crippen LogP contribution is 2.17. The van der Waals surface area contributed by atoms with Crippen molar-refractivity contribution in [2.75, 3.05) is 7.05 Å². The fourth-order valence-corrected chi connectivity index (χ4v) is 1.48. The van der Waals surface area contributed by atoms with Crippen molar-refractivity contribution in [1.29, 1.82) is 5.26 Å². The molecule has 1 aromatic carbocycles. The molecular formula is C13H14F2N2O. The van der Waals surface area contributed by atoms with E-state index in [1.165, 1.54) is 24.9 Å². The van der Waals surface area contributed by atoms with Crippen LogP contribution in [0.3, 0.4) is 0 Å². The molecule has 0 saturated carbocycles. The van der Waals surface area contributed by atoms with Crippen LogP contribution in [0, 0.1) is 29.9 Å². The molecule has 96 valence electrons. The van der Waals surface area contributed by atoms with Gasteiger partial charge in [-0.25, -0.2) is 8.78 Å². The van der Waals surface area contributed by atoms with Crippen LogP contribution >= 0.6 is 0 Å². The zero-order chi connectivity index (χ0) is 13.9. The highest BCUT2D eigenvalue weighted by molar-refractivity contribution is 5.94. The highest BCUT2D eigenvalue weighted by Gasteiger charge is 2.21. The van der Waals surface area contributed by atoms with E-state index in [0.29, 0.717) is 6.07 Å². The van der Waals surface area contributed by atoms with Crippen molar-refractivity contribution in [1.82, 2.24) is 4.90 Å². The molecule has 0 N–H and O–H groups in total. The van der Waals surface area contributed by atoms with E-state index >= 15 is 0 Å². The molecule has 0 heterocycles. The summed E-state index contributed by atoms with van der Waals surface area (Å²) in [6.45, 7) is 3.15. The number of nitriles is 1. The minimum Gasteiger partial charge on any atom is -0.338 e. The lowest BCUT2D eigenvalue weighted by Crippen LogP contribution is -2.35. The minimum absolute atomic E-state index is 0.157. The third-order valence-electron chi connectivity index (χ3n) is 2.85. The largest absolute Gasteiger partial charge is 0.338 e. The lowest BCUT2D eigenvalue weighted by molar-refractivity contribution is 0.0741. The molecule has 0 aliphatic carbocycles. The Kier molecular flexibility index (Phi) is 4.38. The van der Waals surface area contributed by atoms with Crippen molar-refractivity contribution in [2.45, 2.75) is 26.3 Å². The van der Waals surface area contributed by atoms with E-state index < -0.39 is 17.5 Å². The van der Waals surface area contributed by atoms with E-state index in [1.807, 2.05) is 6.07 Å². The minimum atomic E-state index is -0.890. The van der Waals surface area contributed by atoms with Gasteiger partial charge < -0.3 is 4.90 Å². The molecule has 1 aromatic rings. The number of carbonyl (C=O) groups excluding carboxylic acids is 1. The van der Waals surface area contributed by atoms with E-state index in [0.717, 1.165) is 0 Å². The predicted octanol–water partition coefficient (Wildman–Crippen LogP) is 2.65. The van der Waals surface area contributed by atoms with Gasteiger partial charge in [0.25, 0.3) is 5.91 Å². The molecule has 1 amide bonds. The van der Waals surface area contributed by atoms with Crippen molar-refractivity contribution in [3.8, 4) is 6.07 Å². The monoisotopic (exact) mass is 252 g/mol. The average molecular weight is 252 g/mol. The van der Waals surface area contributed by atoms with Crippen molar-refractivity contribution in [2.24, 2.45) is 0 Å². The average Bonchev–Trinajstić information content (AvgIpc) is 2.32.